The number of pyridine rings is 1. The van der Waals surface area contributed by atoms with Gasteiger partial charge in [0.25, 0.3) is 0 Å². The van der Waals surface area contributed by atoms with E-state index in [2.05, 4.69) is 4.98 Å². The molecule has 6 nitrogen and oxygen atoms in total. The van der Waals surface area contributed by atoms with E-state index in [-0.39, 0.29) is 0 Å². The van der Waals surface area contributed by atoms with Gasteiger partial charge in [0.05, 0.1) is 38.6 Å². The molecule has 0 fully saturated rings. The predicted molar refractivity (Wildman–Crippen MR) is 68.0 cm³/mol. The van der Waals surface area contributed by atoms with E-state index in [0.717, 1.165) is 0 Å². The van der Waals surface area contributed by atoms with Gasteiger partial charge in [0, 0.05) is 19.4 Å². The van der Waals surface area contributed by atoms with E-state index in [0.29, 0.717) is 51.1 Å². The molecule has 6 heteroatoms. The average molecular weight is 266 g/mol. The molecule has 0 atom stereocenters. The molecule has 0 aliphatic rings. The van der Waals surface area contributed by atoms with E-state index in [4.69, 9.17) is 24.2 Å². The molecule has 0 radical (unpaired) electrons. The number of rotatable bonds is 10. The third kappa shape index (κ3) is 7.36. The second-order valence-corrected chi connectivity index (χ2v) is 3.56. The molecular weight excluding hydrogens is 248 g/mol. The number of hydrogen-bond donors (Lipinski definition) is 0. The Labute approximate surface area is 112 Å². The van der Waals surface area contributed by atoms with E-state index in [1.165, 1.54) is 6.20 Å². The molecule has 1 aromatic rings. The quantitative estimate of drug-likeness (QED) is 0.588. The molecular formula is C13H18N2O4. The minimum atomic E-state index is 0.414. The van der Waals surface area contributed by atoms with Gasteiger partial charge in [-0.25, -0.2) is 4.98 Å². The van der Waals surface area contributed by atoms with Gasteiger partial charge in [-0.15, -0.1) is 0 Å². The zero-order valence-corrected chi connectivity index (χ0v) is 11.0. The normalized spacial score (nSPS) is 10.1. The van der Waals surface area contributed by atoms with E-state index in [1.807, 2.05) is 6.07 Å². The van der Waals surface area contributed by atoms with Crippen LogP contribution >= 0.6 is 0 Å². The molecule has 0 unspecified atom stereocenters. The first kappa shape index (κ1) is 15.4. The van der Waals surface area contributed by atoms with Crippen molar-refractivity contribution in [3.05, 3.63) is 23.9 Å². The topological polar surface area (TPSA) is 73.6 Å². The van der Waals surface area contributed by atoms with Crippen molar-refractivity contribution >= 4 is 0 Å². The summed E-state index contributed by atoms with van der Waals surface area (Å²) in [5.41, 5.74) is 0.511. The summed E-state index contributed by atoms with van der Waals surface area (Å²) in [5, 5.41) is 8.61. The van der Waals surface area contributed by atoms with E-state index in [1.54, 1.807) is 19.2 Å². The van der Waals surface area contributed by atoms with Crippen LogP contribution < -0.4 is 4.74 Å². The average Bonchev–Trinajstić information content (AvgIpc) is 2.46. The molecule has 0 bridgehead atoms. The van der Waals surface area contributed by atoms with E-state index in [9.17, 15) is 0 Å². The molecule has 0 spiro atoms. The van der Waals surface area contributed by atoms with Crippen LogP contribution in [0.25, 0.3) is 0 Å². The first-order valence-corrected chi connectivity index (χ1v) is 6.00. The maximum atomic E-state index is 8.61. The van der Waals surface area contributed by atoms with Crippen LogP contribution in [0, 0.1) is 11.3 Å². The Balaban J connectivity index is 1.97. The predicted octanol–water partition coefficient (Wildman–Crippen LogP) is 1.01. The molecule has 1 heterocycles. The summed E-state index contributed by atoms with van der Waals surface area (Å²) in [4.78, 5) is 3.98. The van der Waals surface area contributed by atoms with Crippen molar-refractivity contribution in [1.29, 1.82) is 5.26 Å². The standard InChI is InChI=1S/C13H18N2O4/c1-16-4-5-17-6-7-18-8-9-19-13-3-2-12(10-14)11-15-13/h2-3,11H,4-9H2,1H3. The highest BCUT2D eigenvalue weighted by Crippen LogP contribution is 2.06. The van der Waals surface area contributed by atoms with Gasteiger partial charge < -0.3 is 18.9 Å². The van der Waals surface area contributed by atoms with Crippen LogP contribution in [0.3, 0.4) is 0 Å². The minimum absolute atomic E-state index is 0.414. The van der Waals surface area contributed by atoms with Gasteiger partial charge in [0.1, 0.15) is 12.7 Å². The van der Waals surface area contributed by atoms with Gasteiger partial charge in [0.15, 0.2) is 0 Å². The molecule has 0 saturated heterocycles. The van der Waals surface area contributed by atoms with E-state index >= 15 is 0 Å². The van der Waals surface area contributed by atoms with Crippen LogP contribution in [0.4, 0.5) is 0 Å². The maximum Gasteiger partial charge on any atom is 0.213 e. The van der Waals surface area contributed by atoms with Crippen molar-refractivity contribution in [1.82, 2.24) is 4.98 Å². The zero-order chi connectivity index (χ0) is 13.8. The third-order valence-electron chi connectivity index (χ3n) is 2.15. The fourth-order valence-electron chi connectivity index (χ4n) is 1.20. The van der Waals surface area contributed by atoms with Crippen LogP contribution in [-0.4, -0.2) is 51.7 Å². The summed E-state index contributed by atoms with van der Waals surface area (Å²) in [5.74, 6) is 0.485. The summed E-state index contributed by atoms with van der Waals surface area (Å²) in [7, 11) is 1.63. The highest BCUT2D eigenvalue weighted by atomic mass is 16.6. The number of aromatic nitrogens is 1. The number of hydrogen-bond acceptors (Lipinski definition) is 6. The molecule has 0 saturated carbocycles. The largest absolute Gasteiger partial charge is 0.475 e. The summed E-state index contributed by atoms with van der Waals surface area (Å²) in [6.07, 6.45) is 1.47. The van der Waals surface area contributed by atoms with Gasteiger partial charge in [-0.05, 0) is 6.07 Å². The van der Waals surface area contributed by atoms with Crippen LogP contribution in [0.2, 0.25) is 0 Å². The van der Waals surface area contributed by atoms with Crippen molar-refractivity contribution in [2.75, 3.05) is 46.8 Å². The van der Waals surface area contributed by atoms with Gasteiger partial charge in [-0.3, -0.25) is 0 Å². The Hall–Kier alpha value is -1.68. The fourth-order valence-corrected chi connectivity index (χ4v) is 1.20. The Kier molecular flexibility index (Phi) is 8.31. The second kappa shape index (κ2) is 10.3. The summed E-state index contributed by atoms with van der Waals surface area (Å²) < 4.78 is 20.7. The lowest BCUT2D eigenvalue weighted by atomic mass is 10.3. The Morgan fingerprint density at radius 3 is 2.32 bits per heavy atom. The lowest BCUT2D eigenvalue weighted by molar-refractivity contribution is 0.0176. The summed E-state index contributed by atoms with van der Waals surface area (Å²) in [6.45, 7) is 3.11. The molecule has 1 rings (SSSR count). The molecule has 0 aliphatic carbocycles. The number of nitriles is 1. The molecule has 104 valence electrons. The zero-order valence-electron chi connectivity index (χ0n) is 11.0. The van der Waals surface area contributed by atoms with Crippen LogP contribution in [0.1, 0.15) is 5.56 Å². The van der Waals surface area contributed by atoms with Crippen LogP contribution in [0.5, 0.6) is 5.88 Å². The molecule has 1 aromatic heterocycles. The van der Waals surface area contributed by atoms with Gasteiger partial charge in [-0.1, -0.05) is 0 Å². The van der Waals surface area contributed by atoms with E-state index < -0.39 is 0 Å². The third-order valence-corrected chi connectivity index (χ3v) is 2.15. The second-order valence-electron chi connectivity index (χ2n) is 3.56. The van der Waals surface area contributed by atoms with Crippen LogP contribution in [0.15, 0.2) is 18.3 Å². The number of methoxy groups -OCH3 is 1. The van der Waals surface area contributed by atoms with Crippen molar-refractivity contribution in [2.24, 2.45) is 0 Å². The summed E-state index contributed by atoms with van der Waals surface area (Å²) >= 11 is 0. The number of ether oxygens (including phenoxy) is 4. The summed E-state index contributed by atoms with van der Waals surface area (Å²) in [6, 6.07) is 5.31. The van der Waals surface area contributed by atoms with Crippen LogP contribution in [-0.2, 0) is 14.2 Å². The highest BCUT2D eigenvalue weighted by Gasteiger charge is 1.96. The molecule has 19 heavy (non-hydrogen) atoms. The van der Waals surface area contributed by atoms with Crippen molar-refractivity contribution in [3.63, 3.8) is 0 Å². The smallest absolute Gasteiger partial charge is 0.213 e. The van der Waals surface area contributed by atoms with Crippen molar-refractivity contribution in [3.8, 4) is 11.9 Å². The Bertz CT molecular complexity index is 375. The molecule has 0 amide bonds. The lowest BCUT2D eigenvalue weighted by Gasteiger charge is -2.07. The molecule has 0 aliphatic heterocycles. The van der Waals surface area contributed by atoms with Crippen molar-refractivity contribution in [2.45, 2.75) is 0 Å². The van der Waals surface area contributed by atoms with Gasteiger partial charge in [0.2, 0.25) is 5.88 Å². The lowest BCUT2D eigenvalue weighted by Crippen LogP contribution is -2.12. The monoisotopic (exact) mass is 266 g/mol. The Morgan fingerprint density at radius 2 is 1.74 bits per heavy atom. The van der Waals surface area contributed by atoms with Gasteiger partial charge in [-0.2, -0.15) is 5.26 Å². The minimum Gasteiger partial charge on any atom is -0.475 e. The first-order chi connectivity index (χ1) is 9.36. The molecule has 0 aromatic carbocycles. The van der Waals surface area contributed by atoms with Crippen molar-refractivity contribution < 1.29 is 18.9 Å². The SMILES string of the molecule is COCCOCCOCCOc1ccc(C#N)cn1. The Morgan fingerprint density at radius 1 is 1.05 bits per heavy atom. The highest BCUT2D eigenvalue weighted by molar-refractivity contribution is 5.28. The molecule has 0 N–H and O–H groups in total. The van der Waals surface area contributed by atoms with Gasteiger partial charge >= 0.3 is 0 Å². The fraction of sp³-hybridized carbons (Fsp3) is 0.538. The number of nitrogens with zero attached hydrogens (tertiary/aromatic N) is 2. The first-order valence-electron chi connectivity index (χ1n) is 6.00. The maximum absolute atomic E-state index is 8.61.